The van der Waals surface area contributed by atoms with Crippen molar-refractivity contribution in [2.75, 3.05) is 7.11 Å². The standard InChI is InChI=1S/C15H13N3O2/c1-20-12-3-5-15(19)10(6-12)8-16-11-2-4-13-14(7-11)18-9-17-13/h2-9,19H,1H3,(H,17,18). The molecule has 3 rings (SSSR count). The first-order valence-electron chi connectivity index (χ1n) is 6.10. The van der Waals surface area contributed by atoms with Crippen LogP contribution in [0.25, 0.3) is 11.0 Å². The van der Waals surface area contributed by atoms with E-state index in [0.717, 1.165) is 16.7 Å². The molecule has 3 aromatic rings. The fourth-order valence-electron chi connectivity index (χ4n) is 1.91. The topological polar surface area (TPSA) is 70.5 Å². The summed E-state index contributed by atoms with van der Waals surface area (Å²) in [6.07, 6.45) is 3.25. The predicted octanol–water partition coefficient (Wildman–Crippen LogP) is 3.03. The third-order valence-electron chi connectivity index (χ3n) is 2.99. The van der Waals surface area contributed by atoms with E-state index in [1.54, 1.807) is 37.9 Å². The van der Waals surface area contributed by atoms with Crippen LogP contribution in [0.5, 0.6) is 11.5 Å². The van der Waals surface area contributed by atoms with Gasteiger partial charge in [-0.25, -0.2) is 4.98 Å². The molecule has 0 saturated carbocycles. The van der Waals surface area contributed by atoms with E-state index in [1.165, 1.54) is 0 Å². The van der Waals surface area contributed by atoms with Crippen molar-refractivity contribution >= 4 is 22.9 Å². The molecule has 0 unspecified atom stereocenters. The number of aromatic hydroxyl groups is 1. The van der Waals surface area contributed by atoms with Crippen LogP contribution in [0, 0.1) is 0 Å². The van der Waals surface area contributed by atoms with Crippen molar-refractivity contribution in [1.29, 1.82) is 0 Å². The maximum atomic E-state index is 9.78. The summed E-state index contributed by atoms with van der Waals surface area (Å²) in [4.78, 5) is 11.5. The van der Waals surface area contributed by atoms with Gasteiger partial charge in [0.1, 0.15) is 11.5 Å². The summed E-state index contributed by atoms with van der Waals surface area (Å²) >= 11 is 0. The molecule has 2 aromatic carbocycles. The number of aromatic amines is 1. The Labute approximate surface area is 115 Å². The molecular weight excluding hydrogens is 254 g/mol. The van der Waals surface area contributed by atoms with Crippen LogP contribution in [0.1, 0.15) is 5.56 Å². The molecule has 0 radical (unpaired) electrons. The molecule has 2 N–H and O–H groups in total. The fourth-order valence-corrected chi connectivity index (χ4v) is 1.91. The summed E-state index contributed by atoms with van der Waals surface area (Å²) in [5, 5.41) is 9.78. The Morgan fingerprint density at radius 3 is 3.00 bits per heavy atom. The lowest BCUT2D eigenvalue weighted by molar-refractivity contribution is 0.412. The second kappa shape index (κ2) is 5.05. The average Bonchev–Trinajstić information content (AvgIpc) is 2.94. The second-order valence-electron chi connectivity index (χ2n) is 4.29. The third-order valence-corrected chi connectivity index (χ3v) is 2.99. The molecule has 0 bridgehead atoms. The number of phenolic OH excluding ortho intramolecular Hbond substituents is 1. The summed E-state index contributed by atoms with van der Waals surface area (Å²) in [5.41, 5.74) is 3.21. The number of rotatable bonds is 3. The second-order valence-corrected chi connectivity index (χ2v) is 4.29. The number of fused-ring (bicyclic) bond motifs is 1. The van der Waals surface area contributed by atoms with Gasteiger partial charge in [0.15, 0.2) is 0 Å². The number of hydrogen-bond acceptors (Lipinski definition) is 4. The molecule has 0 spiro atoms. The summed E-state index contributed by atoms with van der Waals surface area (Å²) in [5.74, 6) is 0.838. The van der Waals surface area contributed by atoms with Gasteiger partial charge in [-0.2, -0.15) is 0 Å². The van der Waals surface area contributed by atoms with Crippen LogP contribution in [0.4, 0.5) is 5.69 Å². The van der Waals surface area contributed by atoms with Crippen LogP contribution in [-0.4, -0.2) is 28.4 Å². The van der Waals surface area contributed by atoms with Crippen molar-refractivity contribution in [2.45, 2.75) is 0 Å². The Morgan fingerprint density at radius 1 is 1.25 bits per heavy atom. The molecular formula is C15H13N3O2. The van der Waals surface area contributed by atoms with E-state index < -0.39 is 0 Å². The highest BCUT2D eigenvalue weighted by atomic mass is 16.5. The number of H-pyrrole nitrogens is 1. The van der Waals surface area contributed by atoms with E-state index in [1.807, 2.05) is 18.2 Å². The molecule has 0 saturated heterocycles. The smallest absolute Gasteiger partial charge is 0.124 e. The summed E-state index contributed by atoms with van der Waals surface area (Å²) in [6, 6.07) is 10.7. The van der Waals surface area contributed by atoms with Crippen LogP contribution in [0.3, 0.4) is 0 Å². The van der Waals surface area contributed by atoms with E-state index >= 15 is 0 Å². The quantitative estimate of drug-likeness (QED) is 0.716. The largest absolute Gasteiger partial charge is 0.507 e. The normalized spacial score (nSPS) is 11.2. The molecule has 0 atom stereocenters. The SMILES string of the molecule is COc1ccc(O)c(C=Nc2ccc3nc[nH]c3c2)c1. The summed E-state index contributed by atoms with van der Waals surface area (Å²) < 4.78 is 5.12. The number of nitrogens with one attached hydrogen (secondary N) is 1. The number of hydrogen-bond donors (Lipinski definition) is 2. The highest BCUT2D eigenvalue weighted by Gasteiger charge is 2.01. The van der Waals surface area contributed by atoms with E-state index in [2.05, 4.69) is 15.0 Å². The number of aliphatic imine (C=N–C) groups is 1. The molecule has 0 aliphatic heterocycles. The van der Waals surface area contributed by atoms with Crippen molar-refractivity contribution < 1.29 is 9.84 Å². The Balaban J connectivity index is 1.92. The molecule has 0 aliphatic rings. The van der Waals surface area contributed by atoms with Crippen molar-refractivity contribution in [2.24, 2.45) is 4.99 Å². The van der Waals surface area contributed by atoms with Crippen LogP contribution in [-0.2, 0) is 0 Å². The molecule has 0 amide bonds. The Hall–Kier alpha value is -2.82. The van der Waals surface area contributed by atoms with E-state index in [0.29, 0.717) is 11.3 Å². The van der Waals surface area contributed by atoms with Crippen molar-refractivity contribution in [3.05, 3.63) is 48.3 Å². The van der Waals surface area contributed by atoms with Crippen molar-refractivity contribution in [3.8, 4) is 11.5 Å². The lowest BCUT2D eigenvalue weighted by Crippen LogP contribution is -1.87. The first kappa shape index (κ1) is 12.2. The molecule has 0 aliphatic carbocycles. The Kier molecular flexibility index (Phi) is 3.09. The first-order chi connectivity index (χ1) is 9.76. The molecule has 1 heterocycles. The Bertz CT molecular complexity index is 778. The van der Waals surface area contributed by atoms with Gasteiger partial charge in [0.2, 0.25) is 0 Å². The average molecular weight is 267 g/mol. The number of imidazole rings is 1. The minimum absolute atomic E-state index is 0.164. The van der Waals surface area contributed by atoms with Crippen LogP contribution < -0.4 is 4.74 Å². The molecule has 0 fully saturated rings. The van der Waals surface area contributed by atoms with Gasteiger partial charge in [-0.1, -0.05) is 0 Å². The number of ether oxygens (including phenoxy) is 1. The van der Waals surface area contributed by atoms with Gasteiger partial charge in [-0.15, -0.1) is 0 Å². The van der Waals surface area contributed by atoms with Gasteiger partial charge in [0, 0.05) is 11.8 Å². The van der Waals surface area contributed by atoms with E-state index in [-0.39, 0.29) is 5.75 Å². The van der Waals surface area contributed by atoms with Gasteiger partial charge in [0.05, 0.1) is 30.2 Å². The highest BCUT2D eigenvalue weighted by Crippen LogP contribution is 2.23. The maximum absolute atomic E-state index is 9.78. The van der Waals surface area contributed by atoms with Gasteiger partial charge < -0.3 is 14.8 Å². The zero-order chi connectivity index (χ0) is 13.9. The number of phenols is 1. The lowest BCUT2D eigenvalue weighted by Gasteiger charge is -2.02. The van der Waals surface area contributed by atoms with Crippen LogP contribution in [0.2, 0.25) is 0 Å². The molecule has 1 aromatic heterocycles. The van der Waals surface area contributed by atoms with Gasteiger partial charge in [-0.3, -0.25) is 4.99 Å². The van der Waals surface area contributed by atoms with Crippen LogP contribution in [0.15, 0.2) is 47.7 Å². The van der Waals surface area contributed by atoms with E-state index in [4.69, 9.17) is 4.74 Å². The monoisotopic (exact) mass is 267 g/mol. The summed E-state index contributed by atoms with van der Waals surface area (Å²) in [7, 11) is 1.58. The van der Waals surface area contributed by atoms with Crippen molar-refractivity contribution in [1.82, 2.24) is 9.97 Å². The predicted molar refractivity (Wildman–Crippen MR) is 78.0 cm³/mol. The molecule has 20 heavy (non-hydrogen) atoms. The van der Waals surface area contributed by atoms with Gasteiger partial charge >= 0.3 is 0 Å². The minimum Gasteiger partial charge on any atom is -0.507 e. The number of methoxy groups -OCH3 is 1. The third kappa shape index (κ3) is 2.33. The maximum Gasteiger partial charge on any atom is 0.124 e. The lowest BCUT2D eigenvalue weighted by atomic mass is 10.2. The van der Waals surface area contributed by atoms with Crippen LogP contribution >= 0.6 is 0 Å². The zero-order valence-corrected chi connectivity index (χ0v) is 10.9. The number of nitrogens with zero attached hydrogens (tertiary/aromatic N) is 2. The van der Waals surface area contributed by atoms with Crippen molar-refractivity contribution in [3.63, 3.8) is 0 Å². The Morgan fingerprint density at radius 2 is 2.15 bits per heavy atom. The highest BCUT2D eigenvalue weighted by molar-refractivity contribution is 5.87. The molecule has 100 valence electrons. The number of benzene rings is 2. The molecule has 5 nitrogen and oxygen atoms in total. The van der Waals surface area contributed by atoms with Gasteiger partial charge in [0.25, 0.3) is 0 Å². The minimum atomic E-state index is 0.164. The summed E-state index contributed by atoms with van der Waals surface area (Å²) in [6.45, 7) is 0. The zero-order valence-electron chi connectivity index (χ0n) is 10.9. The molecule has 5 heteroatoms. The first-order valence-corrected chi connectivity index (χ1v) is 6.10. The number of aromatic nitrogens is 2. The fraction of sp³-hybridized carbons (Fsp3) is 0.0667. The van der Waals surface area contributed by atoms with E-state index in [9.17, 15) is 5.11 Å². The van der Waals surface area contributed by atoms with Gasteiger partial charge in [-0.05, 0) is 36.4 Å².